The van der Waals surface area contributed by atoms with E-state index in [9.17, 15) is 9.59 Å². The molecule has 7 heteroatoms. The summed E-state index contributed by atoms with van der Waals surface area (Å²) in [6.45, 7) is 2.76. The van der Waals surface area contributed by atoms with Gasteiger partial charge in [0, 0.05) is 22.8 Å². The summed E-state index contributed by atoms with van der Waals surface area (Å²) in [5.74, 6) is 0. The maximum Gasteiger partial charge on any atom is 0.411 e. The number of benzene rings is 1. The van der Waals surface area contributed by atoms with Crippen LogP contribution in [0.1, 0.15) is 23.4 Å². The molecule has 1 aromatic carbocycles. The fourth-order valence-electron chi connectivity index (χ4n) is 2.79. The highest BCUT2D eigenvalue weighted by Crippen LogP contribution is 2.33. The van der Waals surface area contributed by atoms with Gasteiger partial charge in [-0.1, -0.05) is 0 Å². The monoisotopic (exact) mass is 345 g/mol. The van der Waals surface area contributed by atoms with Gasteiger partial charge in [0.15, 0.2) is 0 Å². The van der Waals surface area contributed by atoms with Gasteiger partial charge in [-0.2, -0.15) is 0 Å². The summed E-state index contributed by atoms with van der Waals surface area (Å²) in [6.07, 6.45) is 0.368. The van der Waals surface area contributed by atoms with Gasteiger partial charge in [0.2, 0.25) is 0 Å². The standard InChI is InChI=1S/C17H19N3O3S/c1-11-14-8-10-24-15(14)7-9-20(11)16(21)18-12-3-5-13(6-4-12)19-17(22)23-2/h3-6,8,10-11H,7,9H2,1-2H3,(H,18,21)(H,19,22)/t11-/m0/s1. The van der Waals surface area contributed by atoms with Gasteiger partial charge in [-0.3, -0.25) is 5.32 Å². The topological polar surface area (TPSA) is 70.7 Å². The Morgan fingerprint density at radius 2 is 1.83 bits per heavy atom. The SMILES string of the molecule is COC(=O)Nc1ccc(NC(=O)N2CCc3sccc3[C@@H]2C)cc1. The van der Waals surface area contributed by atoms with Crippen LogP contribution in [0.15, 0.2) is 35.7 Å². The number of fused-ring (bicyclic) bond motifs is 1. The molecule has 1 aromatic heterocycles. The number of urea groups is 1. The lowest BCUT2D eigenvalue weighted by Crippen LogP contribution is -2.40. The van der Waals surface area contributed by atoms with Crippen molar-refractivity contribution in [2.45, 2.75) is 19.4 Å². The quantitative estimate of drug-likeness (QED) is 0.861. The first kappa shape index (κ1) is 16.3. The van der Waals surface area contributed by atoms with Crippen molar-refractivity contribution in [3.05, 3.63) is 46.2 Å². The Bertz CT molecular complexity index is 742. The van der Waals surface area contributed by atoms with Gasteiger partial charge in [-0.25, -0.2) is 9.59 Å². The highest BCUT2D eigenvalue weighted by Gasteiger charge is 2.28. The van der Waals surface area contributed by atoms with E-state index in [1.807, 2.05) is 11.8 Å². The Kier molecular flexibility index (Phi) is 4.71. The average molecular weight is 345 g/mol. The van der Waals surface area contributed by atoms with E-state index < -0.39 is 6.09 Å². The summed E-state index contributed by atoms with van der Waals surface area (Å²) < 4.78 is 4.54. The average Bonchev–Trinajstić information content (AvgIpc) is 3.06. The second-order valence-corrected chi connectivity index (χ2v) is 6.54. The molecule has 3 amide bonds. The molecule has 3 rings (SSSR count). The summed E-state index contributed by atoms with van der Waals surface area (Å²) >= 11 is 1.75. The van der Waals surface area contributed by atoms with Crippen molar-refractivity contribution in [1.82, 2.24) is 4.90 Å². The van der Waals surface area contributed by atoms with E-state index in [0.29, 0.717) is 17.9 Å². The van der Waals surface area contributed by atoms with Crippen LogP contribution < -0.4 is 10.6 Å². The lowest BCUT2D eigenvalue weighted by Gasteiger charge is -2.33. The molecule has 2 aromatic rings. The van der Waals surface area contributed by atoms with Crippen molar-refractivity contribution in [3.8, 4) is 0 Å². The Morgan fingerprint density at radius 1 is 1.17 bits per heavy atom. The Balaban J connectivity index is 1.64. The zero-order chi connectivity index (χ0) is 17.1. The lowest BCUT2D eigenvalue weighted by molar-refractivity contribution is 0.186. The number of carbonyl (C=O) groups is 2. The van der Waals surface area contributed by atoms with Crippen LogP contribution in [-0.2, 0) is 11.2 Å². The van der Waals surface area contributed by atoms with Crippen molar-refractivity contribution in [2.24, 2.45) is 0 Å². The van der Waals surface area contributed by atoms with E-state index in [2.05, 4.69) is 26.8 Å². The van der Waals surface area contributed by atoms with E-state index >= 15 is 0 Å². The van der Waals surface area contributed by atoms with Gasteiger partial charge in [0.05, 0.1) is 13.2 Å². The second kappa shape index (κ2) is 6.92. The zero-order valence-electron chi connectivity index (χ0n) is 13.5. The predicted molar refractivity (Wildman–Crippen MR) is 94.6 cm³/mol. The van der Waals surface area contributed by atoms with Crippen molar-refractivity contribution >= 4 is 34.8 Å². The molecular formula is C17H19N3O3S. The number of ether oxygens (including phenoxy) is 1. The number of hydrogen-bond acceptors (Lipinski definition) is 4. The van der Waals surface area contributed by atoms with E-state index in [4.69, 9.17) is 0 Å². The van der Waals surface area contributed by atoms with Crippen LogP contribution in [0.25, 0.3) is 0 Å². The zero-order valence-corrected chi connectivity index (χ0v) is 14.4. The molecule has 126 valence electrons. The molecule has 0 bridgehead atoms. The third-order valence-electron chi connectivity index (χ3n) is 4.11. The van der Waals surface area contributed by atoms with Crippen molar-refractivity contribution < 1.29 is 14.3 Å². The van der Waals surface area contributed by atoms with Crippen molar-refractivity contribution in [3.63, 3.8) is 0 Å². The van der Waals surface area contributed by atoms with Crippen LogP contribution in [0.2, 0.25) is 0 Å². The number of nitrogens with one attached hydrogen (secondary N) is 2. The third-order valence-corrected chi connectivity index (χ3v) is 5.10. The minimum absolute atomic E-state index is 0.0697. The van der Waals surface area contributed by atoms with E-state index in [0.717, 1.165) is 6.42 Å². The number of hydrogen-bond donors (Lipinski definition) is 2. The van der Waals surface area contributed by atoms with Gasteiger partial charge in [-0.15, -0.1) is 11.3 Å². The Labute approximate surface area is 144 Å². The van der Waals surface area contributed by atoms with Gasteiger partial charge in [-0.05, 0) is 54.6 Å². The molecule has 6 nitrogen and oxygen atoms in total. The Hall–Kier alpha value is -2.54. The minimum atomic E-state index is -0.527. The van der Waals surface area contributed by atoms with Crippen LogP contribution >= 0.6 is 11.3 Å². The number of carbonyl (C=O) groups excluding carboxylic acids is 2. The van der Waals surface area contributed by atoms with Gasteiger partial charge >= 0.3 is 12.1 Å². The van der Waals surface area contributed by atoms with Crippen LogP contribution in [0.3, 0.4) is 0 Å². The maximum absolute atomic E-state index is 12.5. The number of thiophene rings is 1. The molecule has 0 radical (unpaired) electrons. The van der Waals surface area contributed by atoms with E-state index in [1.54, 1.807) is 35.6 Å². The minimum Gasteiger partial charge on any atom is -0.453 e. The molecular weight excluding hydrogens is 326 g/mol. The summed E-state index contributed by atoms with van der Waals surface area (Å²) in [5.41, 5.74) is 2.52. The highest BCUT2D eigenvalue weighted by molar-refractivity contribution is 7.10. The first-order valence-electron chi connectivity index (χ1n) is 7.67. The molecule has 0 saturated heterocycles. The largest absolute Gasteiger partial charge is 0.453 e. The van der Waals surface area contributed by atoms with Crippen molar-refractivity contribution in [1.29, 1.82) is 0 Å². The molecule has 2 heterocycles. The first-order valence-corrected chi connectivity index (χ1v) is 8.55. The normalized spacial score (nSPS) is 16.2. The Morgan fingerprint density at radius 3 is 2.50 bits per heavy atom. The molecule has 1 atom stereocenters. The fraction of sp³-hybridized carbons (Fsp3) is 0.294. The fourth-order valence-corrected chi connectivity index (χ4v) is 3.75. The first-order chi connectivity index (χ1) is 11.6. The summed E-state index contributed by atoms with van der Waals surface area (Å²) in [4.78, 5) is 26.9. The number of nitrogens with zero attached hydrogens (tertiary/aromatic N) is 1. The molecule has 24 heavy (non-hydrogen) atoms. The summed E-state index contributed by atoms with van der Waals surface area (Å²) in [7, 11) is 1.31. The smallest absolute Gasteiger partial charge is 0.411 e. The highest BCUT2D eigenvalue weighted by atomic mass is 32.1. The number of rotatable bonds is 2. The van der Waals surface area contributed by atoms with E-state index in [1.165, 1.54) is 17.6 Å². The van der Waals surface area contributed by atoms with Crippen LogP contribution in [0.4, 0.5) is 21.0 Å². The molecule has 0 spiro atoms. The second-order valence-electron chi connectivity index (χ2n) is 5.54. The van der Waals surface area contributed by atoms with E-state index in [-0.39, 0.29) is 12.1 Å². The van der Waals surface area contributed by atoms with Gasteiger partial charge in [0.1, 0.15) is 0 Å². The number of anilines is 2. The number of methoxy groups -OCH3 is 1. The predicted octanol–water partition coefficient (Wildman–Crippen LogP) is 4.08. The molecule has 2 N–H and O–H groups in total. The molecule has 0 aliphatic carbocycles. The summed E-state index contributed by atoms with van der Waals surface area (Å²) in [6, 6.07) is 8.96. The summed E-state index contributed by atoms with van der Waals surface area (Å²) in [5, 5.41) is 7.55. The van der Waals surface area contributed by atoms with Crippen LogP contribution in [0, 0.1) is 0 Å². The van der Waals surface area contributed by atoms with Gasteiger partial charge < -0.3 is 15.0 Å². The number of amides is 3. The molecule has 0 unspecified atom stereocenters. The molecule has 0 saturated carbocycles. The van der Waals surface area contributed by atoms with Crippen molar-refractivity contribution in [2.75, 3.05) is 24.3 Å². The molecule has 0 fully saturated rings. The van der Waals surface area contributed by atoms with Crippen LogP contribution in [0.5, 0.6) is 0 Å². The maximum atomic E-state index is 12.5. The van der Waals surface area contributed by atoms with Crippen LogP contribution in [-0.4, -0.2) is 30.7 Å². The molecule has 1 aliphatic heterocycles. The van der Waals surface area contributed by atoms with Gasteiger partial charge in [0.25, 0.3) is 0 Å². The third kappa shape index (κ3) is 3.35. The lowest BCUT2D eigenvalue weighted by atomic mass is 10.0. The molecule has 1 aliphatic rings.